The van der Waals surface area contributed by atoms with Crippen molar-refractivity contribution in [3.8, 4) is 10.6 Å². The van der Waals surface area contributed by atoms with Crippen molar-refractivity contribution in [1.29, 1.82) is 0 Å². The Kier molecular flexibility index (Phi) is 8.30. The number of amides is 3. The number of carboxylic acids is 1. The second kappa shape index (κ2) is 10.5. The van der Waals surface area contributed by atoms with Gasteiger partial charge in [-0.05, 0) is 11.6 Å². The van der Waals surface area contributed by atoms with Gasteiger partial charge in [0, 0.05) is 36.5 Å². The molecule has 2 atom stereocenters. The summed E-state index contributed by atoms with van der Waals surface area (Å²) < 4.78 is 0. The Morgan fingerprint density at radius 3 is 2.80 bits per heavy atom. The van der Waals surface area contributed by atoms with Crippen LogP contribution in [0.15, 0.2) is 48.1 Å². The van der Waals surface area contributed by atoms with Crippen LogP contribution in [0.5, 0.6) is 0 Å². The van der Waals surface area contributed by atoms with Crippen molar-refractivity contribution in [2.24, 2.45) is 0 Å². The molecule has 11 heteroatoms. The Hall–Kier alpha value is -2.53. The molecule has 3 N–H and O–H groups in total. The maximum absolute atomic E-state index is 12.4. The van der Waals surface area contributed by atoms with E-state index in [0.717, 1.165) is 10.6 Å². The minimum atomic E-state index is -1.35. The van der Waals surface area contributed by atoms with Gasteiger partial charge in [-0.3, -0.25) is 14.4 Å². The van der Waals surface area contributed by atoms with Gasteiger partial charge in [-0.2, -0.15) is 0 Å². The molecule has 152 valence electrons. The Labute approximate surface area is 200 Å². The number of hydrogen-bond acceptors (Lipinski definition) is 6. The number of aliphatic carboxylic acids is 1. The molecular formula is C19H19N4NaO5S. The molecule has 0 saturated heterocycles. The number of aromatic nitrogens is 1. The zero-order chi connectivity index (χ0) is 21.0. The molecule has 0 radical (unpaired) electrons. The molecule has 0 aliphatic carbocycles. The van der Waals surface area contributed by atoms with Crippen molar-refractivity contribution in [1.82, 2.24) is 20.5 Å². The van der Waals surface area contributed by atoms with E-state index < -0.39 is 35.8 Å². The number of urea groups is 1. The van der Waals surface area contributed by atoms with Crippen LogP contribution in [-0.2, 0) is 14.4 Å². The molecule has 0 fully saturated rings. The van der Waals surface area contributed by atoms with Gasteiger partial charge >= 0.3 is 41.6 Å². The van der Waals surface area contributed by atoms with Gasteiger partial charge in [0.2, 0.25) is 0 Å². The van der Waals surface area contributed by atoms with E-state index >= 15 is 0 Å². The molecule has 2 unspecified atom stereocenters. The molecule has 0 bridgehead atoms. The average Bonchev–Trinajstić information content (AvgIpc) is 3.22. The number of hydrogen-bond donors (Lipinski definition) is 3. The third kappa shape index (κ3) is 5.76. The number of benzene rings is 1. The first-order valence-corrected chi connectivity index (χ1v) is 9.50. The minimum Gasteiger partial charge on any atom is -1.00 e. The summed E-state index contributed by atoms with van der Waals surface area (Å²) in [5.41, 5.74) is 1.35. The summed E-state index contributed by atoms with van der Waals surface area (Å²) in [6.45, 7) is 0. The third-order valence-corrected chi connectivity index (χ3v) is 5.09. The molecule has 2 aromatic rings. The molecule has 3 rings (SSSR count). The van der Waals surface area contributed by atoms with Gasteiger partial charge in [0.05, 0.1) is 12.5 Å². The van der Waals surface area contributed by atoms with Crippen molar-refractivity contribution in [3.63, 3.8) is 0 Å². The maximum Gasteiger partial charge on any atom is 1.00 e. The summed E-state index contributed by atoms with van der Waals surface area (Å²) in [5.74, 6) is -2.24. The Morgan fingerprint density at radius 1 is 1.37 bits per heavy atom. The molecule has 9 nitrogen and oxygen atoms in total. The standard InChI is InChI=1S/C19H18N4O5S.Na.H/c1-23-7-5-14(24)16(18(23)27)22-19(28)21-13(10-15(25)26)11-3-2-4-12(9-11)17-20-6-8-29-17;;/h2-9,13,16H,10H2,1H3,(H,25,26)(H2,21,22,28);;/q;+1;-1. The monoisotopic (exact) mass is 438 g/mol. The van der Waals surface area contributed by atoms with Gasteiger partial charge in [0.15, 0.2) is 11.8 Å². The van der Waals surface area contributed by atoms with Crippen LogP contribution in [0.2, 0.25) is 0 Å². The fourth-order valence-electron chi connectivity index (χ4n) is 2.83. The summed E-state index contributed by atoms with van der Waals surface area (Å²) in [6.07, 6.45) is 3.80. The molecule has 30 heavy (non-hydrogen) atoms. The number of nitrogens with one attached hydrogen (secondary N) is 2. The second-order valence-electron chi connectivity index (χ2n) is 6.33. The van der Waals surface area contributed by atoms with Gasteiger partial charge in [0.25, 0.3) is 5.91 Å². The molecule has 2 heterocycles. The van der Waals surface area contributed by atoms with Crippen molar-refractivity contribution < 1.29 is 55.3 Å². The number of likely N-dealkylation sites (N-methyl/N-ethyl adjacent to an activating group) is 1. The van der Waals surface area contributed by atoms with Crippen LogP contribution in [0.1, 0.15) is 19.5 Å². The first-order chi connectivity index (χ1) is 13.8. The van der Waals surface area contributed by atoms with E-state index in [4.69, 9.17) is 0 Å². The van der Waals surface area contributed by atoms with E-state index in [1.54, 1.807) is 24.4 Å². The van der Waals surface area contributed by atoms with E-state index in [2.05, 4.69) is 15.6 Å². The molecule has 1 aliphatic rings. The molecule has 0 saturated carbocycles. The average molecular weight is 438 g/mol. The topological polar surface area (TPSA) is 129 Å². The Bertz CT molecular complexity index is 985. The summed E-state index contributed by atoms with van der Waals surface area (Å²) in [4.78, 5) is 53.2. The predicted molar refractivity (Wildman–Crippen MR) is 106 cm³/mol. The molecule has 1 aliphatic heterocycles. The largest absolute Gasteiger partial charge is 1.00 e. The van der Waals surface area contributed by atoms with E-state index in [-0.39, 0.29) is 37.4 Å². The fourth-order valence-corrected chi connectivity index (χ4v) is 3.46. The maximum atomic E-state index is 12.4. The molecule has 0 spiro atoms. The smallest absolute Gasteiger partial charge is 1.00 e. The van der Waals surface area contributed by atoms with Gasteiger partial charge in [0.1, 0.15) is 5.01 Å². The zero-order valence-corrected chi connectivity index (χ0v) is 19.2. The first-order valence-electron chi connectivity index (χ1n) is 8.62. The third-order valence-electron chi connectivity index (χ3n) is 4.27. The van der Waals surface area contributed by atoms with Gasteiger partial charge in [-0.15, -0.1) is 11.3 Å². The van der Waals surface area contributed by atoms with Crippen molar-refractivity contribution in [3.05, 3.63) is 53.7 Å². The molecule has 1 aromatic heterocycles. The van der Waals surface area contributed by atoms with Crippen LogP contribution in [0, 0.1) is 0 Å². The summed E-state index contributed by atoms with van der Waals surface area (Å²) in [5, 5.41) is 16.7. The summed E-state index contributed by atoms with van der Waals surface area (Å²) in [7, 11) is 1.47. The number of carboxylic acid groups (broad SMARTS) is 1. The van der Waals surface area contributed by atoms with Gasteiger partial charge in [-0.25, -0.2) is 9.78 Å². The van der Waals surface area contributed by atoms with E-state index in [1.807, 2.05) is 11.4 Å². The zero-order valence-electron chi connectivity index (χ0n) is 17.4. The minimum absolute atomic E-state index is 0. The fraction of sp³-hybridized carbons (Fsp3) is 0.211. The van der Waals surface area contributed by atoms with Crippen molar-refractivity contribution in [2.75, 3.05) is 7.05 Å². The first kappa shape index (κ1) is 23.7. The van der Waals surface area contributed by atoms with E-state index in [1.165, 1.54) is 35.6 Å². The number of carbonyl (C=O) groups is 4. The number of thiazole rings is 1. The summed E-state index contributed by atoms with van der Waals surface area (Å²) >= 11 is 1.44. The van der Waals surface area contributed by atoms with E-state index in [9.17, 15) is 24.3 Å². The van der Waals surface area contributed by atoms with Crippen molar-refractivity contribution in [2.45, 2.75) is 18.5 Å². The van der Waals surface area contributed by atoms with Crippen molar-refractivity contribution >= 4 is 35.0 Å². The predicted octanol–water partition coefficient (Wildman–Crippen LogP) is -1.33. The quantitative estimate of drug-likeness (QED) is 0.379. The number of rotatable bonds is 6. The van der Waals surface area contributed by atoms with Gasteiger partial charge < -0.3 is 22.1 Å². The van der Waals surface area contributed by atoms with E-state index in [0.29, 0.717) is 5.56 Å². The Balaban J connectivity index is 0.00000240. The van der Waals surface area contributed by atoms with Crippen LogP contribution in [0.25, 0.3) is 10.6 Å². The van der Waals surface area contributed by atoms with Crippen LogP contribution < -0.4 is 40.2 Å². The molecule has 3 amide bonds. The van der Waals surface area contributed by atoms with Crippen LogP contribution >= 0.6 is 11.3 Å². The summed E-state index contributed by atoms with van der Waals surface area (Å²) in [6, 6.07) is 3.99. The van der Waals surface area contributed by atoms with Gasteiger partial charge in [-0.1, -0.05) is 18.2 Å². The number of ketones is 1. The van der Waals surface area contributed by atoms with Crippen LogP contribution in [0.4, 0.5) is 4.79 Å². The van der Waals surface area contributed by atoms with Crippen LogP contribution in [-0.4, -0.2) is 51.8 Å². The Morgan fingerprint density at radius 2 is 2.13 bits per heavy atom. The van der Waals surface area contributed by atoms with Crippen LogP contribution in [0.3, 0.4) is 0 Å². The second-order valence-corrected chi connectivity index (χ2v) is 7.23. The molecule has 1 aromatic carbocycles. The normalized spacial score (nSPS) is 16.6. The SMILES string of the molecule is CN1C=CC(=O)C(NC(=O)NC(CC(=O)O)c2cccc(-c3nccs3)c2)C1=O.[H-].[Na+]. The number of nitrogens with zero attached hydrogens (tertiary/aromatic N) is 2. The number of carbonyl (C=O) groups excluding carboxylic acids is 3. The molecular weight excluding hydrogens is 419 g/mol.